The first-order chi connectivity index (χ1) is 36.1. The van der Waals surface area contributed by atoms with E-state index in [1.54, 1.807) is 48.5 Å². The summed E-state index contributed by atoms with van der Waals surface area (Å²) in [5.41, 5.74) is 0. The van der Waals surface area contributed by atoms with Crippen LogP contribution in [0.4, 0.5) is 0 Å². The summed E-state index contributed by atoms with van der Waals surface area (Å²) >= 11 is 0. The zero-order chi connectivity index (χ0) is 55.5. The van der Waals surface area contributed by atoms with Crippen molar-refractivity contribution in [3.05, 3.63) is 107 Å². The second-order valence-electron chi connectivity index (χ2n) is 18.5. The Bertz CT molecular complexity index is 2110. The number of aryl methyl sites for hydroxylation is 2. The molecule has 416 valence electrons. The molecule has 4 rings (SSSR count). The Balaban J connectivity index is 0.000000503. The first kappa shape index (κ1) is 67.1. The average Bonchev–Trinajstić information content (AvgIpc) is 4.27. The van der Waals surface area contributed by atoms with Crippen molar-refractivity contribution < 1.29 is 71.7 Å². The summed E-state index contributed by atoms with van der Waals surface area (Å²) in [6.45, 7) is 6.82. The molecule has 0 bridgehead atoms. The Hall–Kier alpha value is -5.87. The van der Waals surface area contributed by atoms with Crippen LogP contribution >= 0.6 is 0 Å². The monoisotopic (exact) mass is 1050 g/mol. The number of rotatable bonds is 38. The number of hydrogen-bond acceptors (Lipinski definition) is 15. The van der Waals surface area contributed by atoms with E-state index < -0.39 is 0 Å². The molecule has 0 aliphatic heterocycles. The van der Waals surface area contributed by atoms with Gasteiger partial charge in [0, 0.05) is 77.0 Å². The van der Waals surface area contributed by atoms with Crippen molar-refractivity contribution in [2.45, 2.75) is 215 Å². The minimum Gasteiger partial charge on any atom is -0.464 e. The maximum absolute atomic E-state index is 11.8. The van der Waals surface area contributed by atoms with Gasteiger partial charge in [-0.05, 0) is 86.7 Å². The van der Waals surface area contributed by atoms with Crippen LogP contribution in [0.15, 0.2) is 78.4 Å². The second-order valence-corrected chi connectivity index (χ2v) is 18.5. The zero-order valence-electron chi connectivity index (χ0n) is 45.2. The number of allylic oxidation sites excluding steroid dienone is 2. The number of unbranched alkanes of at least 4 members (excludes halogenated alkanes) is 12. The van der Waals surface area contributed by atoms with Crippen LogP contribution in [0.2, 0.25) is 0 Å². The molecular weight excluding hydrogens is 961 g/mol. The molecule has 0 fully saturated rings. The van der Waals surface area contributed by atoms with Crippen LogP contribution in [0.5, 0.6) is 0 Å². The van der Waals surface area contributed by atoms with Gasteiger partial charge in [0.15, 0.2) is 5.78 Å². The van der Waals surface area contributed by atoms with Crippen LogP contribution in [-0.4, -0.2) is 60.9 Å². The highest BCUT2D eigenvalue weighted by Gasteiger charge is 2.12. The third-order valence-electron chi connectivity index (χ3n) is 11.6. The fourth-order valence-electron chi connectivity index (χ4n) is 7.11. The fourth-order valence-corrected chi connectivity index (χ4v) is 7.11. The largest absolute Gasteiger partial charge is 0.464 e. The van der Waals surface area contributed by atoms with Crippen molar-refractivity contribution in [3.8, 4) is 0 Å². The quantitative estimate of drug-likeness (QED) is 0.0240. The number of hydrogen-bond donors (Lipinski definition) is 4. The molecule has 0 unspecified atom stereocenters. The van der Waals surface area contributed by atoms with Crippen molar-refractivity contribution >= 4 is 52.6 Å². The lowest BCUT2D eigenvalue weighted by Crippen LogP contribution is -2.08. The Labute approximate surface area is 444 Å². The van der Waals surface area contributed by atoms with Crippen LogP contribution in [0.3, 0.4) is 0 Å². The van der Waals surface area contributed by atoms with Gasteiger partial charge in [-0.15, -0.1) is 0 Å². The Morgan fingerprint density at radius 3 is 0.907 bits per heavy atom. The maximum Gasteiger partial charge on any atom is 0.178 e. The summed E-state index contributed by atoms with van der Waals surface area (Å²) in [4.78, 5) is 78.9. The number of aliphatic hydroxyl groups excluding tert-OH is 4. The first-order valence-corrected chi connectivity index (χ1v) is 26.9. The molecule has 75 heavy (non-hydrogen) atoms. The fraction of sp³-hybridized carbons (Fsp3) is 0.550. The van der Waals surface area contributed by atoms with E-state index in [2.05, 4.69) is 13.8 Å². The zero-order valence-corrected chi connectivity index (χ0v) is 45.2. The Morgan fingerprint density at radius 1 is 0.360 bits per heavy atom. The molecule has 15 nitrogen and oxygen atoms in total. The van der Waals surface area contributed by atoms with E-state index in [4.69, 9.17) is 38.1 Å². The van der Waals surface area contributed by atoms with Crippen molar-refractivity contribution in [2.24, 2.45) is 0 Å². The number of aliphatic hydroxyl groups is 4. The standard InChI is InChI=1S/C15H18O5.C15H14O5.C15H22O5.C15H32/c2*16-9-14-7-5-12(19-14)3-1-11(18)2-4-13-6-8-15(10-17)20-13;1-11(16)3-5-13(18)7-9-15(20)10-8-14(19)6-4-12(2)17;1-3-5-7-9-11-13-15-14-12-10-8-6-4-2/h5-8,16-17H,1-4,9-10H2;1-8,16-17H,9-10H2;3-10H2,1-2H3;3-15H2,1-2H3/b;3-1+,4-2+;;. The van der Waals surface area contributed by atoms with Gasteiger partial charge in [0.25, 0.3) is 0 Å². The van der Waals surface area contributed by atoms with Crippen molar-refractivity contribution in [1.82, 2.24) is 0 Å². The predicted molar refractivity (Wildman–Crippen MR) is 288 cm³/mol. The molecule has 0 spiro atoms. The van der Waals surface area contributed by atoms with Crippen LogP contribution in [0.25, 0.3) is 12.2 Å². The average molecular weight is 1050 g/mol. The first-order valence-electron chi connectivity index (χ1n) is 26.9. The highest BCUT2D eigenvalue weighted by molar-refractivity contribution is 6.04. The highest BCUT2D eigenvalue weighted by Crippen LogP contribution is 2.16. The number of carbonyl (C=O) groups is 7. The summed E-state index contributed by atoms with van der Waals surface area (Å²) in [7, 11) is 0. The normalized spacial score (nSPS) is 10.9. The second kappa shape index (κ2) is 43.4. The lowest BCUT2D eigenvalue weighted by Gasteiger charge is -2.01. The lowest BCUT2D eigenvalue weighted by molar-refractivity contribution is -0.127. The summed E-state index contributed by atoms with van der Waals surface area (Å²) in [6.07, 6.45) is 27.9. The minimum atomic E-state index is -0.228. The van der Waals surface area contributed by atoms with Crippen LogP contribution < -0.4 is 0 Å². The van der Waals surface area contributed by atoms with E-state index >= 15 is 0 Å². The molecule has 4 aromatic heterocycles. The van der Waals surface area contributed by atoms with E-state index in [1.807, 2.05) is 0 Å². The van der Waals surface area contributed by atoms with E-state index in [0.29, 0.717) is 71.8 Å². The summed E-state index contributed by atoms with van der Waals surface area (Å²) in [5.74, 6) is 3.83. The molecule has 0 aromatic carbocycles. The molecule has 0 radical (unpaired) electrons. The van der Waals surface area contributed by atoms with Gasteiger partial charge in [-0.25, -0.2) is 0 Å². The summed E-state index contributed by atoms with van der Waals surface area (Å²) < 4.78 is 21.0. The molecule has 4 aromatic rings. The molecule has 0 atom stereocenters. The van der Waals surface area contributed by atoms with Gasteiger partial charge in [0.1, 0.15) is 107 Å². The molecule has 15 heteroatoms. The molecule has 0 saturated heterocycles. The summed E-state index contributed by atoms with van der Waals surface area (Å²) in [5, 5.41) is 35.4. The van der Waals surface area contributed by atoms with Gasteiger partial charge in [-0.3, -0.25) is 24.0 Å². The van der Waals surface area contributed by atoms with Gasteiger partial charge in [0.2, 0.25) is 0 Å². The molecular formula is C60H86O15. The molecule has 0 aliphatic carbocycles. The predicted octanol–water partition coefficient (Wildman–Crippen LogP) is 12.2. The van der Waals surface area contributed by atoms with E-state index in [1.165, 1.54) is 122 Å². The maximum atomic E-state index is 11.8. The van der Waals surface area contributed by atoms with E-state index in [0.717, 1.165) is 0 Å². The SMILES string of the molecule is CC(=O)CCC(=O)CCC(=O)CCC(=O)CCC(C)=O.CCCCCCCCCCCCCCC.O=C(/C=C/c1ccc(CO)o1)/C=C/c1ccc(CO)o1.O=C(CCc1ccc(CO)o1)CCc1ccc(CO)o1. The number of Topliss-reactive ketones (excluding diaryl/α,β-unsaturated/α-hetero) is 6. The molecule has 0 aliphatic rings. The van der Waals surface area contributed by atoms with Crippen molar-refractivity contribution in [2.75, 3.05) is 0 Å². The smallest absolute Gasteiger partial charge is 0.178 e. The van der Waals surface area contributed by atoms with Gasteiger partial charge >= 0.3 is 0 Å². The third-order valence-corrected chi connectivity index (χ3v) is 11.6. The van der Waals surface area contributed by atoms with Gasteiger partial charge in [-0.1, -0.05) is 97.3 Å². The highest BCUT2D eigenvalue weighted by atomic mass is 16.4. The van der Waals surface area contributed by atoms with Crippen molar-refractivity contribution in [1.29, 1.82) is 0 Å². The number of ketones is 7. The minimum absolute atomic E-state index is 0.0410. The Kier molecular flexibility index (Phi) is 38.8. The number of carbonyl (C=O) groups excluding carboxylic acids is 7. The van der Waals surface area contributed by atoms with Gasteiger partial charge in [0.05, 0.1) is 0 Å². The van der Waals surface area contributed by atoms with Crippen molar-refractivity contribution in [3.63, 3.8) is 0 Å². The lowest BCUT2D eigenvalue weighted by atomic mass is 10.0. The van der Waals surface area contributed by atoms with E-state index in [9.17, 15) is 33.6 Å². The third kappa shape index (κ3) is 36.7. The topological polar surface area (TPSA) is 253 Å². The molecule has 0 saturated carbocycles. The number of furan rings is 4. The van der Waals surface area contributed by atoms with Crippen LogP contribution in [0, 0.1) is 0 Å². The molecule has 0 amide bonds. The van der Waals surface area contributed by atoms with E-state index in [-0.39, 0.29) is 118 Å². The van der Waals surface area contributed by atoms with Crippen LogP contribution in [0.1, 0.15) is 221 Å². The van der Waals surface area contributed by atoms with Gasteiger partial charge < -0.3 is 47.7 Å². The Morgan fingerprint density at radius 2 is 0.627 bits per heavy atom. The van der Waals surface area contributed by atoms with Crippen LogP contribution in [-0.2, 0) is 72.8 Å². The molecule has 4 N–H and O–H groups in total. The molecule has 4 heterocycles. The summed E-state index contributed by atoms with van der Waals surface area (Å²) in [6, 6.07) is 13.6. The van der Waals surface area contributed by atoms with Gasteiger partial charge in [-0.2, -0.15) is 0 Å².